The Labute approximate surface area is 146 Å². The molecule has 2 N–H and O–H groups in total. The summed E-state index contributed by atoms with van der Waals surface area (Å²) in [6, 6.07) is 16.8. The average Bonchev–Trinajstić information content (AvgIpc) is 2.57. The van der Waals surface area contributed by atoms with E-state index in [4.69, 9.17) is 10.5 Å². The molecule has 24 heavy (non-hydrogen) atoms. The van der Waals surface area contributed by atoms with Crippen molar-refractivity contribution in [1.29, 1.82) is 0 Å². The molecule has 130 valence electrons. The number of benzene rings is 2. The van der Waals surface area contributed by atoms with Crippen molar-refractivity contribution in [2.24, 2.45) is 0 Å². The van der Waals surface area contributed by atoms with Crippen LogP contribution in [0.5, 0.6) is 5.75 Å². The number of hydrogen-bond acceptors (Lipinski definition) is 3. The van der Waals surface area contributed by atoms with Crippen molar-refractivity contribution >= 4 is 5.69 Å². The van der Waals surface area contributed by atoms with Gasteiger partial charge in [0.2, 0.25) is 0 Å². The Kier molecular flexibility index (Phi) is 7.13. The van der Waals surface area contributed by atoms with Crippen LogP contribution in [-0.4, -0.2) is 24.1 Å². The number of hydrogen-bond donors (Lipinski definition) is 1. The van der Waals surface area contributed by atoms with Gasteiger partial charge in [0.25, 0.3) is 0 Å². The molecule has 0 spiro atoms. The minimum atomic E-state index is 0.147. The van der Waals surface area contributed by atoms with E-state index in [2.05, 4.69) is 48.2 Å². The van der Waals surface area contributed by atoms with Crippen LogP contribution in [-0.2, 0) is 13.0 Å². The predicted molar refractivity (Wildman–Crippen MR) is 102 cm³/mol. The first-order valence-electron chi connectivity index (χ1n) is 8.89. The zero-order valence-electron chi connectivity index (χ0n) is 15.2. The third kappa shape index (κ3) is 5.89. The van der Waals surface area contributed by atoms with Crippen molar-refractivity contribution in [3.05, 3.63) is 59.7 Å². The molecule has 0 aliphatic heterocycles. The summed E-state index contributed by atoms with van der Waals surface area (Å²) in [5.41, 5.74) is 9.48. The van der Waals surface area contributed by atoms with E-state index >= 15 is 0 Å². The molecule has 0 bridgehead atoms. The van der Waals surface area contributed by atoms with Gasteiger partial charge in [-0.05, 0) is 63.0 Å². The summed E-state index contributed by atoms with van der Waals surface area (Å²) in [4.78, 5) is 2.48. The van der Waals surface area contributed by atoms with E-state index in [1.165, 1.54) is 11.1 Å². The molecule has 0 fully saturated rings. The van der Waals surface area contributed by atoms with Gasteiger partial charge in [-0.15, -0.1) is 0 Å². The van der Waals surface area contributed by atoms with Crippen molar-refractivity contribution in [1.82, 2.24) is 4.90 Å². The van der Waals surface area contributed by atoms with Gasteiger partial charge in [0.1, 0.15) is 5.75 Å². The Morgan fingerprint density at radius 3 is 2.42 bits per heavy atom. The lowest BCUT2D eigenvalue weighted by Crippen LogP contribution is -2.24. The Morgan fingerprint density at radius 1 is 1.04 bits per heavy atom. The number of rotatable bonds is 9. The van der Waals surface area contributed by atoms with Crippen LogP contribution in [0.1, 0.15) is 38.3 Å². The van der Waals surface area contributed by atoms with Gasteiger partial charge >= 0.3 is 0 Å². The molecule has 2 aromatic carbocycles. The van der Waals surface area contributed by atoms with Gasteiger partial charge in [-0.25, -0.2) is 0 Å². The van der Waals surface area contributed by atoms with E-state index < -0.39 is 0 Å². The molecule has 0 aliphatic carbocycles. The normalized spacial score (nSPS) is 11.2. The molecule has 0 saturated carbocycles. The van der Waals surface area contributed by atoms with Crippen LogP contribution in [0.15, 0.2) is 48.5 Å². The van der Waals surface area contributed by atoms with Crippen LogP contribution in [0.4, 0.5) is 5.69 Å². The van der Waals surface area contributed by atoms with E-state index in [1.807, 2.05) is 26.0 Å². The molecule has 0 aromatic heterocycles. The second-order valence-electron chi connectivity index (χ2n) is 6.50. The van der Waals surface area contributed by atoms with Crippen molar-refractivity contribution < 1.29 is 4.74 Å². The van der Waals surface area contributed by atoms with Gasteiger partial charge in [-0.1, -0.05) is 43.3 Å². The third-order valence-electron chi connectivity index (χ3n) is 4.07. The van der Waals surface area contributed by atoms with Crippen molar-refractivity contribution in [2.75, 3.05) is 18.8 Å². The first-order chi connectivity index (χ1) is 11.6. The molecule has 3 heteroatoms. The molecular weight excluding hydrogens is 296 g/mol. The van der Waals surface area contributed by atoms with Crippen LogP contribution in [0.3, 0.4) is 0 Å². The second kappa shape index (κ2) is 9.33. The maximum Gasteiger partial charge on any atom is 0.142 e. The van der Waals surface area contributed by atoms with Crippen molar-refractivity contribution in [3.63, 3.8) is 0 Å². The highest BCUT2D eigenvalue weighted by Crippen LogP contribution is 2.24. The zero-order chi connectivity index (χ0) is 17.4. The van der Waals surface area contributed by atoms with Gasteiger partial charge in [-0.2, -0.15) is 0 Å². The van der Waals surface area contributed by atoms with Gasteiger partial charge < -0.3 is 10.5 Å². The maximum absolute atomic E-state index is 6.09. The summed E-state index contributed by atoms with van der Waals surface area (Å²) in [6.07, 6.45) is 2.32. The lowest BCUT2D eigenvalue weighted by Gasteiger charge is -2.20. The van der Waals surface area contributed by atoms with Crippen LogP contribution in [0, 0.1) is 0 Å². The molecule has 2 rings (SSSR count). The molecule has 0 unspecified atom stereocenters. The smallest absolute Gasteiger partial charge is 0.142 e. The molecule has 0 amide bonds. The molecule has 0 heterocycles. The maximum atomic E-state index is 6.09. The lowest BCUT2D eigenvalue weighted by atomic mass is 10.1. The Bertz CT molecular complexity index is 610. The third-order valence-corrected chi connectivity index (χ3v) is 4.07. The summed E-state index contributed by atoms with van der Waals surface area (Å²) < 4.78 is 5.69. The first-order valence-corrected chi connectivity index (χ1v) is 8.89. The first kappa shape index (κ1) is 18.3. The zero-order valence-corrected chi connectivity index (χ0v) is 15.2. The van der Waals surface area contributed by atoms with E-state index in [-0.39, 0.29) is 6.10 Å². The summed E-state index contributed by atoms with van der Waals surface area (Å²) in [7, 11) is 0. The van der Waals surface area contributed by atoms with E-state index in [1.54, 1.807) is 0 Å². The topological polar surface area (TPSA) is 38.5 Å². The fraction of sp³-hybridized carbons (Fsp3) is 0.429. The average molecular weight is 326 g/mol. The fourth-order valence-electron chi connectivity index (χ4n) is 2.81. The van der Waals surface area contributed by atoms with Crippen molar-refractivity contribution in [3.8, 4) is 5.75 Å². The SMILES string of the molecule is CCN(CCCc1ccc(OC(C)C)c(N)c1)Cc1ccccc1. The molecule has 0 saturated heterocycles. The van der Waals surface area contributed by atoms with E-state index in [9.17, 15) is 0 Å². The molecule has 0 atom stereocenters. The molecule has 3 nitrogen and oxygen atoms in total. The summed E-state index contributed by atoms with van der Waals surface area (Å²) >= 11 is 0. The molecule has 2 aromatic rings. The predicted octanol–water partition coefficient (Wildman–Crippen LogP) is 4.51. The monoisotopic (exact) mass is 326 g/mol. The molecular formula is C21H30N2O. The number of nitrogens with two attached hydrogens (primary N) is 1. The van der Waals surface area contributed by atoms with Gasteiger partial charge in [0.05, 0.1) is 11.8 Å². The standard InChI is InChI=1S/C21H30N2O/c1-4-23(16-19-9-6-5-7-10-19)14-8-11-18-12-13-21(20(22)15-18)24-17(2)3/h5-7,9-10,12-13,15,17H,4,8,11,14,16,22H2,1-3H3. The molecule has 0 aliphatic rings. The Balaban J connectivity index is 1.83. The van der Waals surface area contributed by atoms with Gasteiger partial charge in [-0.3, -0.25) is 4.90 Å². The van der Waals surface area contributed by atoms with Crippen LogP contribution in [0.2, 0.25) is 0 Å². The van der Waals surface area contributed by atoms with Crippen molar-refractivity contribution in [2.45, 2.75) is 46.3 Å². The van der Waals surface area contributed by atoms with Gasteiger partial charge in [0, 0.05) is 6.54 Å². The minimum Gasteiger partial charge on any atom is -0.489 e. The molecule has 0 radical (unpaired) electrons. The van der Waals surface area contributed by atoms with Crippen LogP contribution in [0.25, 0.3) is 0 Å². The Morgan fingerprint density at radius 2 is 1.79 bits per heavy atom. The second-order valence-corrected chi connectivity index (χ2v) is 6.50. The number of nitrogens with zero attached hydrogens (tertiary/aromatic N) is 1. The quantitative estimate of drug-likeness (QED) is 0.689. The Hall–Kier alpha value is -2.00. The summed E-state index contributed by atoms with van der Waals surface area (Å²) in [5.74, 6) is 0.785. The van der Waals surface area contributed by atoms with Crippen LogP contribution < -0.4 is 10.5 Å². The highest BCUT2D eigenvalue weighted by Gasteiger charge is 2.06. The summed E-state index contributed by atoms with van der Waals surface area (Å²) in [5, 5.41) is 0. The number of aryl methyl sites for hydroxylation is 1. The van der Waals surface area contributed by atoms with Gasteiger partial charge in [0.15, 0.2) is 0 Å². The number of anilines is 1. The number of ether oxygens (including phenoxy) is 1. The highest BCUT2D eigenvalue weighted by atomic mass is 16.5. The largest absolute Gasteiger partial charge is 0.489 e. The summed E-state index contributed by atoms with van der Waals surface area (Å²) in [6.45, 7) is 9.42. The minimum absolute atomic E-state index is 0.147. The van der Waals surface area contributed by atoms with Crippen LogP contribution >= 0.6 is 0 Å². The lowest BCUT2D eigenvalue weighted by molar-refractivity contribution is 0.244. The van der Waals surface area contributed by atoms with E-state index in [0.717, 1.165) is 43.9 Å². The number of nitrogen functional groups attached to an aromatic ring is 1. The fourth-order valence-corrected chi connectivity index (χ4v) is 2.81. The van der Waals surface area contributed by atoms with E-state index in [0.29, 0.717) is 0 Å². The highest BCUT2D eigenvalue weighted by molar-refractivity contribution is 5.54.